The van der Waals surface area contributed by atoms with E-state index in [2.05, 4.69) is 10.3 Å². The molecule has 1 aromatic heterocycles. The first-order valence-corrected chi connectivity index (χ1v) is 8.23. The summed E-state index contributed by atoms with van der Waals surface area (Å²) in [7, 11) is 0. The van der Waals surface area contributed by atoms with E-state index in [0.717, 1.165) is 10.5 Å². The molecule has 3 amide bonds. The number of amides is 3. The first kappa shape index (κ1) is 17.7. The van der Waals surface area contributed by atoms with E-state index in [1.807, 2.05) is 30.3 Å². The van der Waals surface area contributed by atoms with Crippen molar-refractivity contribution >= 4 is 17.9 Å². The summed E-state index contributed by atoms with van der Waals surface area (Å²) in [5.41, 5.74) is -0.124. The molecule has 0 saturated carbocycles. The molecule has 1 fully saturated rings. The predicted molar refractivity (Wildman–Crippen MR) is 90.7 cm³/mol. The lowest BCUT2D eigenvalue weighted by Crippen LogP contribution is -2.43. The van der Waals surface area contributed by atoms with Crippen molar-refractivity contribution in [3.05, 3.63) is 42.4 Å². The third-order valence-corrected chi connectivity index (χ3v) is 4.31. The Morgan fingerprint density at radius 1 is 1.31 bits per heavy atom. The van der Waals surface area contributed by atoms with Gasteiger partial charge in [0.05, 0.1) is 6.20 Å². The van der Waals surface area contributed by atoms with Crippen LogP contribution in [-0.4, -0.2) is 39.9 Å². The fourth-order valence-corrected chi connectivity index (χ4v) is 2.56. The summed E-state index contributed by atoms with van der Waals surface area (Å²) in [5, 5.41) is 2.58. The van der Waals surface area contributed by atoms with E-state index >= 15 is 0 Å². The Hall–Kier alpha value is -3.16. The number of imide groups is 1. The van der Waals surface area contributed by atoms with Crippen LogP contribution in [0, 0.1) is 0 Å². The van der Waals surface area contributed by atoms with Crippen molar-refractivity contribution in [2.75, 3.05) is 6.54 Å². The second-order valence-corrected chi connectivity index (χ2v) is 6.15. The van der Waals surface area contributed by atoms with Crippen LogP contribution < -0.4 is 5.32 Å². The molecule has 1 aromatic carbocycles. The van der Waals surface area contributed by atoms with Crippen molar-refractivity contribution in [2.45, 2.75) is 32.4 Å². The monoisotopic (exact) mass is 357 g/mol. The number of carbonyl (C=O) groups excluding carboxylic acids is 3. The molecule has 1 N–H and O–H groups in total. The zero-order chi connectivity index (χ0) is 18.7. The molecule has 3 rings (SSSR count). The number of aromatic nitrogens is 1. The van der Waals surface area contributed by atoms with Gasteiger partial charge in [0.2, 0.25) is 5.89 Å². The van der Waals surface area contributed by atoms with Gasteiger partial charge >= 0.3 is 12.0 Å². The summed E-state index contributed by atoms with van der Waals surface area (Å²) in [4.78, 5) is 41.0. The largest absolute Gasteiger partial charge is 0.454 e. The minimum absolute atomic E-state index is 0.180. The molecule has 2 aromatic rings. The summed E-state index contributed by atoms with van der Waals surface area (Å²) in [6, 6.07) is 8.79. The summed E-state index contributed by atoms with van der Waals surface area (Å²) < 4.78 is 10.6. The number of benzene rings is 1. The minimum Gasteiger partial charge on any atom is -0.454 e. The maximum Gasteiger partial charge on any atom is 0.326 e. The summed E-state index contributed by atoms with van der Waals surface area (Å²) >= 11 is 0. The number of nitrogens with zero attached hydrogens (tertiary/aromatic N) is 2. The van der Waals surface area contributed by atoms with Gasteiger partial charge in [0.15, 0.2) is 12.4 Å². The van der Waals surface area contributed by atoms with E-state index in [1.54, 1.807) is 20.0 Å². The number of carbonyl (C=O) groups is 3. The van der Waals surface area contributed by atoms with Crippen molar-refractivity contribution in [2.24, 2.45) is 0 Å². The lowest BCUT2D eigenvalue weighted by atomic mass is 9.99. The SMILES string of the molecule is CC[C@]1(C)NC(=O)N(CC(=O)OCc2ncc(-c3ccccc3)o2)C1=O. The molecule has 8 heteroatoms. The van der Waals surface area contributed by atoms with Gasteiger partial charge in [-0.05, 0) is 13.3 Å². The average molecular weight is 357 g/mol. The molecule has 0 spiro atoms. The van der Waals surface area contributed by atoms with Gasteiger partial charge in [0.1, 0.15) is 12.1 Å². The van der Waals surface area contributed by atoms with Gasteiger partial charge in [-0.1, -0.05) is 37.3 Å². The molecule has 26 heavy (non-hydrogen) atoms. The molecule has 0 unspecified atom stereocenters. The number of esters is 1. The molecule has 1 atom stereocenters. The van der Waals surface area contributed by atoms with E-state index in [9.17, 15) is 14.4 Å². The van der Waals surface area contributed by atoms with Crippen molar-refractivity contribution in [1.82, 2.24) is 15.2 Å². The molecule has 1 saturated heterocycles. The van der Waals surface area contributed by atoms with E-state index in [1.165, 1.54) is 0 Å². The van der Waals surface area contributed by atoms with Crippen LogP contribution in [0.2, 0.25) is 0 Å². The fraction of sp³-hybridized carbons (Fsp3) is 0.333. The van der Waals surface area contributed by atoms with Crippen molar-refractivity contribution in [3.63, 3.8) is 0 Å². The number of ether oxygens (including phenoxy) is 1. The molecule has 8 nitrogen and oxygen atoms in total. The summed E-state index contributed by atoms with van der Waals surface area (Å²) in [5.74, 6) is -0.366. The summed E-state index contributed by atoms with van der Waals surface area (Å²) in [6.07, 6.45) is 1.98. The zero-order valence-electron chi connectivity index (χ0n) is 14.5. The van der Waals surface area contributed by atoms with Crippen LogP contribution >= 0.6 is 0 Å². The minimum atomic E-state index is -0.982. The first-order chi connectivity index (χ1) is 12.4. The molecular weight excluding hydrogens is 338 g/mol. The average Bonchev–Trinajstić information content (AvgIpc) is 3.20. The molecule has 1 aliphatic rings. The normalized spacial score (nSPS) is 19.5. The van der Waals surface area contributed by atoms with Gasteiger partial charge < -0.3 is 14.5 Å². The van der Waals surface area contributed by atoms with Gasteiger partial charge in [-0.2, -0.15) is 0 Å². The van der Waals surface area contributed by atoms with Crippen LogP contribution in [0.25, 0.3) is 11.3 Å². The number of oxazole rings is 1. The van der Waals surface area contributed by atoms with Gasteiger partial charge in [-0.25, -0.2) is 9.78 Å². The van der Waals surface area contributed by atoms with Crippen LogP contribution in [0.4, 0.5) is 4.79 Å². The lowest BCUT2D eigenvalue weighted by Gasteiger charge is -2.18. The molecule has 0 radical (unpaired) electrons. The second-order valence-electron chi connectivity index (χ2n) is 6.15. The fourth-order valence-electron chi connectivity index (χ4n) is 2.56. The van der Waals surface area contributed by atoms with Gasteiger partial charge in [0, 0.05) is 5.56 Å². The Labute approximate surface area is 150 Å². The standard InChI is InChI=1S/C18H19N3O5/c1-3-18(2)16(23)21(17(24)20-18)10-15(22)25-11-14-19-9-13(26-14)12-7-5-4-6-8-12/h4-9H,3,10-11H2,1-2H3,(H,20,24)/t18-/m0/s1. The van der Waals surface area contributed by atoms with Gasteiger partial charge in [-0.15, -0.1) is 0 Å². The van der Waals surface area contributed by atoms with E-state index < -0.39 is 30.0 Å². The van der Waals surface area contributed by atoms with E-state index in [0.29, 0.717) is 12.2 Å². The number of urea groups is 1. The molecule has 2 heterocycles. The Kier molecular flexibility index (Phi) is 4.75. The zero-order valence-corrected chi connectivity index (χ0v) is 14.5. The number of rotatable bonds is 6. The van der Waals surface area contributed by atoms with Crippen LogP contribution in [0.5, 0.6) is 0 Å². The number of nitrogens with one attached hydrogen (secondary N) is 1. The van der Waals surface area contributed by atoms with Crippen molar-refractivity contribution < 1.29 is 23.5 Å². The molecular formula is C18H19N3O5. The van der Waals surface area contributed by atoms with Crippen molar-refractivity contribution in [3.8, 4) is 11.3 Å². The molecule has 0 aliphatic carbocycles. The van der Waals surface area contributed by atoms with Crippen LogP contribution in [-0.2, 0) is 20.9 Å². The smallest absolute Gasteiger partial charge is 0.326 e. The van der Waals surface area contributed by atoms with Crippen molar-refractivity contribution in [1.29, 1.82) is 0 Å². The molecule has 0 bridgehead atoms. The highest BCUT2D eigenvalue weighted by molar-refractivity contribution is 6.08. The van der Waals surface area contributed by atoms with Crippen LogP contribution in [0.15, 0.2) is 40.9 Å². The molecule has 1 aliphatic heterocycles. The lowest BCUT2D eigenvalue weighted by molar-refractivity contribution is -0.149. The van der Waals surface area contributed by atoms with Crippen LogP contribution in [0.3, 0.4) is 0 Å². The second kappa shape index (κ2) is 6.99. The Balaban J connectivity index is 1.56. The summed E-state index contributed by atoms with van der Waals surface area (Å²) in [6.45, 7) is 2.77. The Bertz CT molecular complexity index is 832. The van der Waals surface area contributed by atoms with E-state index in [-0.39, 0.29) is 12.5 Å². The topological polar surface area (TPSA) is 102 Å². The maximum absolute atomic E-state index is 12.2. The highest BCUT2D eigenvalue weighted by Crippen LogP contribution is 2.21. The van der Waals surface area contributed by atoms with Crippen LogP contribution in [0.1, 0.15) is 26.2 Å². The Morgan fingerprint density at radius 3 is 2.69 bits per heavy atom. The third-order valence-electron chi connectivity index (χ3n) is 4.31. The maximum atomic E-state index is 12.2. The Morgan fingerprint density at radius 2 is 2.04 bits per heavy atom. The quantitative estimate of drug-likeness (QED) is 0.627. The molecule has 136 valence electrons. The first-order valence-electron chi connectivity index (χ1n) is 8.23. The number of hydrogen-bond donors (Lipinski definition) is 1. The highest BCUT2D eigenvalue weighted by Gasteiger charge is 2.47. The van der Waals surface area contributed by atoms with Gasteiger partial charge in [-0.3, -0.25) is 14.5 Å². The number of hydrogen-bond acceptors (Lipinski definition) is 6. The van der Waals surface area contributed by atoms with Gasteiger partial charge in [0.25, 0.3) is 5.91 Å². The predicted octanol–water partition coefficient (Wildman–Crippen LogP) is 2.11. The third kappa shape index (κ3) is 3.44. The van der Waals surface area contributed by atoms with E-state index in [4.69, 9.17) is 9.15 Å². The highest BCUT2D eigenvalue weighted by atomic mass is 16.5.